The first-order valence-electron chi connectivity index (χ1n) is 7.38. The Kier molecular flexibility index (Phi) is 4.51. The van der Waals surface area contributed by atoms with Crippen LogP contribution in [0.1, 0.15) is 57.5 Å². The summed E-state index contributed by atoms with van der Waals surface area (Å²) in [6.45, 7) is 13.1. The van der Waals surface area contributed by atoms with E-state index < -0.39 is 0 Å². The highest BCUT2D eigenvalue weighted by molar-refractivity contribution is 7.15. The Morgan fingerprint density at radius 1 is 1.37 bits per heavy atom. The van der Waals surface area contributed by atoms with Gasteiger partial charge in [0, 0.05) is 29.5 Å². The Morgan fingerprint density at radius 3 is 2.58 bits per heavy atom. The lowest BCUT2D eigenvalue weighted by Crippen LogP contribution is -2.34. The predicted octanol–water partition coefficient (Wildman–Crippen LogP) is 3.72. The number of aryl methyl sites for hydroxylation is 1. The molecule has 3 nitrogen and oxygen atoms in total. The molecular weight excluding hydrogens is 254 g/mol. The van der Waals surface area contributed by atoms with E-state index in [1.807, 2.05) is 11.3 Å². The molecule has 1 aliphatic rings. The first-order valence-corrected chi connectivity index (χ1v) is 8.20. The van der Waals surface area contributed by atoms with Gasteiger partial charge in [0.15, 0.2) is 5.13 Å². The lowest BCUT2D eigenvalue weighted by Gasteiger charge is -2.21. The van der Waals surface area contributed by atoms with Gasteiger partial charge in [-0.25, -0.2) is 4.98 Å². The van der Waals surface area contributed by atoms with Crippen molar-refractivity contribution >= 4 is 16.5 Å². The zero-order valence-electron chi connectivity index (χ0n) is 12.9. The Balaban J connectivity index is 2.06. The molecular formula is C15H27N3S. The van der Waals surface area contributed by atoms with Gasteiger partial charge in [-0.15, -0.1) is 11.3 Å². The van der Waals surface area contributed by atoms with Crippen LogP contribution in [0.4, 0.5) is 5.13 Å². The van der Waals surface area contributed by atoms with E-state index in [1.165, 1.54) is 35.0 Å². The second-order valence-electron chi connectivity index (χ2n) is 6.53. The maximum atomic E-state index is 4.80. The molecule has 0 bridgehead atoms. The van der Waals surface area contributed by atoms with Crippen molar-refractivity contribution in [2.75, 3.05) is 11.4 Å². The molecule has 1 N–H and O–H groups in total. The summed E-state index contributed by atoms with van der Waals surface area (Å²) in [5, 5.41) is 4.79. The minimum atomic E-state index is 0.163. The molecule has 19 heavy (non-hydrogen) atoms. The smallest absolute Gasteiger partial charge is 0.186 e. The maximum absolute atomic E-state index is 4.80. The van der Waals surface area contributed by atoms with Gasteiger partial charge in [-0.2, -0.15) is 0 Å². The molecule has 0 saturated heterocycles. The van der Waals surface area contributed by atoms with Crippen molar-refractivity contribution in [3.8, 4) is 0 Å². The van der Waals surface area contributed by atoms with Crippen molar-refractivity contribution in [2.45, 2.75) is 72.0 Å². The lowest BCUT2D eigenvalue weighted by molar-refractivity contribution is 0.425. The van der Waals surface area contributed by atoms with E-state index >= 15 is 0 Å². The van der Waals surface area contributed by atoms with E-state index in [1.54, 1.807) is 0 Å². The van der Waals surface area contributed by atoms with Crippen molar-refractivity contribution in [1.29, 1.82) is 0 Å². The fourth-order valence-electron chi connectivity index (χ4n) is 2.11. The van der Waals surface area contributed by atoms with Crippen molar-refractivity contribution in [1.82, 2.24) is 10.3 Å². The molecule has 4 heteroatoms. The number of aromatic nitrogens is 1. The van der Waals surface area contributed by atoms with Gasteiger partial charge in [0.2, 0.25) is 0 Å². The molecule has 1 aromatic rings. The van der Waals surface area contributed by atoms with Gasteiger partial charge in [0.25, 0.3) is 0 Å². The third-order valence-corrected chi connectivity index (χ3v) is 4.55. The average Bonchev–Trinajstić information content (AvgIpc) is 3.07. The molecule has 1 aromatic heterocycles. The van der Waals surface area contributed by atoms with Crippen LogP contribution in [0, 0.1) is 6.92 Å². The highest BCUT2D eigenvalue weighted by atomic mass is 32.1. The number of hydrogen-bond acceptors (Lipinski definition) is 4. The topological polar surface area (TPSA) is 28.2 Å². The molecule has 0 radical (unpaired) electrons. The van der Waals surface area contributed by atoms with Gasteiger partial charge >= 0.3 is 0 Å². The number of nitrogens with zero attached hydrogens (tertiary/aromatic N) is 2. The van der Waals surface area contributed by atoms with Crippen LogP contribution in [0.2, 0.25) is 0 Å². The summed E-state index contributed by atoms with van der Waals surface area (Å²) in [6, 6.07) is 0.758. The predicted molar refractivity (Wildman–Crippen MR) is 84.1 cm³/mol. The zero-order chi connectivity index (χ0) is 14.0. The first-order chi connectivity index (χ1) is 8.90. The monoisotopic (exact) mass is 281 g/mol. The van der Waals surface area contributed by atoms with Crippen molar-refractivity contribution < 1.29 is 0 Å². The Labute approximate surface area is 121 Å². The number of hydrogen-bond donors (Lipinski definition) is 1. The molecule has 1 aliphatic carbocycles. The standard InChI is InChI=1S/C15H27N3S/c1-6-9-18(12-7-8-12)14-17-11(2)13(19-14)10-16-15(3,4)5/h12,16H,6-10H2,1-5H3. The van der Waals surface area contributed by atoms with Crippen LogP contribution < -0.4 is 10.2 Å². The molecule has 1 heterocycles. The molecule has 0 unspecified atom stereocenters. The van der Waals surface area contributed by atoms with Gasteiger partial charge in [-0.1, -0.05) is 6.92 Å². The summed E-state index contributed by atoms with van der Waals surface area (Å²) in [7, 11) is 0. The number of nitrogens with one attached hydrogen (secondary N) is 1. The normalized spacial score (nSPS) is 15.8. The minimum absolute atomic E-state index is 0.163. The summed E-state index contributed by atoms with van der Waals surface area (Å²) in [6.07, 6.45) is 3.88. The van der Waals surface area contributed by atoms with E-state index in [0.717, 1.165) is 19.1 Å². The largest absolute Gasteiger partial charge is 0.345 e. The van der Waals surface area contributed by atoms with Gasteiger partial charge in [0.1, 0.15) is 0 Å². The van der Waals surface area contributed by atoms with Crippen LogP contribution in [-0.2, 0) is 6.54 Å². The Hall–Kier alpha value is -0.610. The third kappa shape index (κ3) is 4.18. The fourth-order valence-corrected chi connectivity index (χ4v) is 3.20. The summed E-state index contributed by atoms with van der Waals surface area (Å²) >= 11 is 1.87. The molecule has 1 saturated carbocycles. The quantitative estimate of drug-likeness (QED) is 0.861. The molecule has 2 rings (SSSR count). The van der Waals surface area contributed by atoms with Gasteiger partial charge in [0.05, 0.1) is 5.69 Å². The highest BCUT2D eigenvalue weighted by Gasteiger charge is 2.30. The summed E-state index contributed by atoms with van der Waals surface area (Å²) in [5.41, 5.74) is 1.36. The fraction of sp³-hybridized carbons (Fsp3) is 0.800. The van der Waals surface area contributed by atoms with E-state index in [-0.39, 0.29) is 5.54 Å². The Morgan fingerprint density at radius 2 is 2.05 bits per heavy atom. The van der Waals surface area contributed by atoms with Crippen LogP contribution in [0.5, 0.6) is 0 Å². The summed E-state index contributed by atoms with van der Waals surface area (Å²) in [4.78, 5) is 8.69. The van der Waals surface area contributed by atoms with Crippen LogP contribution in [0.3, 0.4) is 0 Å². The molecule has 0 spiro atoms. The average molecular weight is 281 g/mol. The second-order valence-corrected chi connectivity index (χ2v) is 7.60. The lowest BCUT2D eigenvalue weighted by atomic mass is 10.1. The molecule has 0 amide bonds. The molecule has 108 valence electrons. The summed E-state index contributed by atoms with van der Waals surface area (Å²) in [5.74, 6) is 0. The van der Waals surface area contributed by atoms with E-state index in [4.69, 9.17) is 4.98 Å². The maximum Gasteiger partial charge on any atom is 0.186 e. The second kappa shape index (κ2) is 5.80. The number of thiazole rings is 1. The van der Waals surface area contributed by atoms with Gasteiger partial charge < -0.3 is 10.2 Å². The minimum Gasteiger partial charge on any atom is -0.345 e. The van der Waals surface area contributed by atoms with E-state index in [9.17, 15) is 0 Å². The van der Waals surface area contributed by atoms with Crippen LogP contribution in [-0.4, -0.2) is 23.1 Å². The zero-order valence-corrected chi connectivity index (χ0v) is 13.7. The summed E-state index contributed by atoms with van der Waals surface area (Å²) < 4.78 is 0. The SMILES string of the molecule is CCCN(c1nc(C)c(CNC(C)(C)C)s1)C1CC1. The molecule has 0 aromatic carbocycles. The first kappa shape index (κ1) is 14.8. The highest BCUT2D eigenvalue weighted by Crippen LogP contribution is 2.35. The van der Waals surface area contributed by atoms with Gasteiger partial charge in [-0.05, 0) is 47.0 Å². The number of rotatable bonds is 6. The van der Waals surface area contributed by atoms with Crippen LogP contribution in [0.25, 0.3) is 0 Å². The van der Waals surface area contributed by atoms with Gasteiger partial charge in [-0.3, -0.25) is 0 Å². The van der Waals surface area contributed by atoms with Crippen molar-refractivity contribution in [3.63, 3.8) is 0 Å². The van der Waals surface area contributed by atoms with Crippen LogP contribution in [0.15, 0.2) is 0 Å². The molecule has 0 aliphatic heterocycles. The third-order valence-electron chi connectivity index (χ3n) is 3.36. The van der Waals surface area contributed by atoms with E-state index in [2.05, 4.69) is 44.8 Å². The molecule has 1 fully saturated rings. The van der Waals surface area contributed by atoms with Crippen molar-refractivity contribution in [2.24, 2.45) is 0 Å². The number of anilines is 1. The van der Waals surface area contributed by atoms with E-state index in [0.29, 0.717) is 0 Å². The van der Waals surface area contributed by atoms with Crippen LogP contribution >= 0.6 is 11.3 Å². The molecule has 0 atom stereocenters. The Bertz CT molecular complexity index is 416. The van der Waals surface area contributed by atoms with Crippen molar-refractivity contribution in [3.05, 3.63) is 10.6 Å².